The van der Waals surface area contributed by atoms with Crippen molar-refractivity contribution in [1.29, 1.82) is 0 Å². The van der Waals surface area contributed by atoms with Crippen molar-refractivity contribution in [3.05, 3.63) is 65.5 Å². The summed E-state index contributed by atoms with van der Waals surface area (Å²) < 4.78 is 39.5. The summed E-state index contributed by atoms with van der Waals surface area (Å²) in [5.41, 5.74) is 1.81. The number of aromatic nitrogens is 2. The van der Waals surface area contributed by atoms with Gasteiger partial charge in [-0.2, -0.15) is 13.2 Å². The van der Waals surface area contributed by atoms with Crippen molar-refractivity contribution in [3.63, 3.8) is 0 Å². The van der Waals surface area contributed by atoms with E-state index in [1.165, 1.54) is 12.1 Å². The van der Waals surface area contributed by atoms with Gasteiger partial charge in [-0.25, -0.2) is 4.98 Å². The van der Waals surface area contributed by atoms with E-state index in [-0.39, 0.29) is 0 Å². The van der Waals surface area contributed by atoms with Crippen LogP contribution in [0.25, 0.3) is 5.65 Å². The smallest absolute Gasteiger partial charge is 0.366 e. The van der Waals surface area contributed by atoms with Crippen LogP contribution in [-0.4, -0.2) is 9.38 Å². The first-order chi connectivity index (χ1) is 10.4. The van der Waals surface area contributed by atoms with Crippen molar-refractivity contribution in [2.45, 2.75) is 19.6 Å². The topological polar surface area (TPSA) is 29.3 Å². The average molecular weight is 305 g/mol. The number of rotatable bonds is 3. The highest BCUT2D eigenvalue weighted by Gasteiger charge is 2.29. The van der Waals surface area contributed by atoms with Crippen LogP contribution in [0.4, 0.5) is 19.0 Å². The first kappa shape index (κ1) is 14.4. The maximum atomic E-state index is 12.5. The van der Waals surface area contributed by atoms with Crippen molar-refractivity contribution in [2.75, 3.05) is 5.32 Å². The van der Waals surface area contributed by atoms with Crippen LogP contribution in [0.1, 0.15) is 16.8 Å². The van der Waals surface area contributed by atoms with E-state index in [2.05, 4.69) is 10.3 Å². The van der Waals surface area contributed by atoms with Crippen LogP contribution in [-0.2, 0) is 12.7 Å². The maximum absolute atomic E-state index is 12.5. The van der Waals surface area contributed by atoms with Crippen LogP contribution in [0.15, 0.2) is 48.7 Å². The fourth-order valence-electron chi connectivity index (χ4n) is 2.32. The van der Waals surface area contributed by atoms with Gasteiger partial charge in [0.2, 0.25) is 0 Å². The highest BCUT2D eigenvalue weighted by Crippen LogP contribution is 2.29. The molecular formula is C16H14F3N3. The fraction of sp³-hybridized carbons (Fsp3) is 0.188. The number of fused-ring (bicyclic) bond motifs is 1. The molecule has 2 aromatic heterocycles. The SMILES string of the molecule is Cc1nc2ccccn2c1NCc1ccc(C(F)(F)F)cc1. The molecule has 0 saturated carbocycles. The Hall–Kier alpha value is -2.50. The van der Waals surface area contributed by atoms with E-state index < -0.39 is 11.7 Å². The largest absolute Gasteiger partial charge is 0.416 e. The Balaban J connectivity index is 1.78. The van der Waals surface area contributed by atoms with Gasteiger partial charge in [0.05, 0.1) is 11.3 Å². The Morgan fingerprint density at radius 2 is 1.82 bits per heavy atom. The highest BCUT2D eigenvalue weighted by atomic mass is 19.4. The Morgan fingerprint density at radius 3 is 2.50 bits per heavy atom. The van der Waals surface area contributed by atoms with Crippen LogP contribution in [0.5, 0.6) is 0 Å². The predicted molar refractivity (Wildman–Crippen MR) is 78.7 cm³/mol. The summed E-state index contributed by atoms with van der Waals surface area (Å²) in [6, 6.07) is 10.9. The molecule has 0 saturated heterocycles. The number of halogens is 3. The molecule has 6 heteroatoms. The monoisotopic (exact) mass is 305 g/mol. The van der Waals surface area contributed by atoms with E-state index >= 15 is 0 Å². The molecule has 0 unspecified atom stereocenters. The van der Waals surface area contributed by atoms with E-state index in [0.717, 1.165) is 34.9 Å². The van der Waals surface area contributed by atoms with Crippen molar-refractivity contribution in [3.8, 4) is 0 Å². The lowest BCUT2D eigenvalue weighted by Gasteiger charge is -2.09. The first-order valence-corrected chi connectivity index (χ1v) is 6.79. The van der Waals surface area contributed by atoms with Gasteiger partial charge >= 0.3 is 6.18 Å². The number of anilines is 1. The number of nitrogens with zero attached hydrogens (tertiary/aromatic N) is 2. The summed E-state index contributed by atoms with van der Waals surface area (Å²) in [6.45, 7) is 2.32. The van der Waals surface area contributed by atoms with Gasteiger partial charge in [0.25, 0.3) is 0 Å². The summed E-state index contributed by atoms with van der Waals surface area (Å²) in [7, 11) is 0. The summed E-state index contributed by atoms with van der Waals surface area (Å²) in [4.78, 5) is 4.42. The number of hydrogen-bond acceptors (Lipinski definition) is 2. The first-order valence-electron chi connectivity index (χ1n) is 6.79. The molecule has 3 nitrogen and oxygen atoms in total. The second-order valence-corrected chi connectivity index (χ2v) is 5.02. The second-order valence-electron chi connectivity index (χ2n) is 5.02. The minimum absolute atomic E-state index is 0.432. The second kappa shape index (κ2) is 5.36. The summed E-state index contributed by atoms with van der Waals surface area (Å²) in [5, 5.41) is 3.23. The Bertz CT molecular complexity index is 788. The molecule has 0 spiro atoms. The minimum Gasteiger partial charge on any atom is -0.366 e. The van der Waals surface area contributed by atoms with E-state index in [9.17, 15) is 13.2 Å². The molecule has 0 radical (unpaired) electrons. The summed E-state index contributed by atoms with van der Waals surface area (Å²) in [5.74, 6) is 0.843. The van der Waals surface area contributed by atoms with Crippen LogP contribution in [0, 0.1) is 6.92 Å². The van der Waals surface area contributed by atoms with Gasteiger partial charge in [-0.15, -0.1) is 0 Å². The number of hydrogen-bond donors (Lipinski definition) is 1. The number of alkyl halides is 3. The van der Waals surface area contributed by atoms with Gasteiger partial charge in [0, 0.05) is 12.7 Å². The van der Waals surface area contributed by atoms with Gasteiger partial charge in [-0.1, -0.05) is 18.2 Å². The van der Waals surface area contributed by atoms with E-state index in [1.807, 2.05) is 35.7 Å². The number of benzene rings is 1. The minimum atomic E-state index is -4.30. The van der Waals surface area contributed by atoms with Crippen LogP contribution in [0.3, 0.4) is 0 Å². The third-order valence-corrected chi connectivity index (χ3v) is 3.45. The normalized spacial score (nSPS) is 11.8. The van der Waals surface area contributed by atoms with Gasteiger partial charge in [0.1, 0.15) is 11.5 Å². The number of imidazole rings is 1. The standard InChI is InChI=1S/C16H14F3N3/c1-11-15(22-9-3-2-4-14(22)21-11)20-10-12-5-7-13(8-6-12)16(17,18)19/h2-9,20H,10H2,1H3. The van der Waals surface area contributed by atoms with Crippen molar-refractivity contribution in [2.24, 2.45) is 0 Å². The number of aryl methyl sites for hydroxylation is 1. The Labute approximate surface area is 125 Å². The predicted octanol–water partition coefficient (Wildman–Crippen LogP) is 4.27. The zero-order valence-corrected chi connectivity index (χ0v) is 11.9. The Kier molecular flexibility index (Phi) is 3.52. The van der Waals surface area contributed by atoms with Gasteiger partial charge in [-0.3, -0.25) is 4.40 Å². The third kappa shape index (κ3) is 2.77. The van der Waals surface area contributed by atoms with E-state index in [1.54, 1.807) is 0 Å². The molecule has 114 valence electrons. The molecule has 22 heavy (non-hydrogen) atoms. The molecule has 0 fully saturated rings. The maximum Gasteiger partial charge on any atom is 0.416 e. The molecule has 0 amide bonds. The zero-order chi connectivity index (χ0) is 15.7. The molecule has 3 aromatic rings. The molecule has 0 atom stereocenters. The van der Waals surface area contributed by atoms with Crippen LogP contribution < -0.4 is 5.32 Å². The molecule has 2 heterocycles. The zero-order valence-electron chi connectivity index (χ0n) is 11.9. The Morgan fingerprint density at radius 1 is 1.09 bits per heavy atom. The quantitative estimate of drug-likeness (QED) is 0.783. The lowest BCUT2D eigenvalue weighted by Crippen LogP contribution is -2.06. The molecule has 1 N–H and O–H groups in total. The van der Waals surface area contributed by atoms with Gasteiger partial charge < -0.3 is 5.32 Å². The lowest BCUT2D eigenvalue weighted by molar-refractivity contribution is -0.137. The molecule has 0 aliphatic carbocycles. The van der Waals surface area contributed by atoms with E-state index in [4.69, 9.17) is 0 Å². The molecular weight excluding hydrogens is 291 g/mol. The van der Waals surface area contributed by atoms with Gasteiger partial charge in [-0.05, 0) is 36.8 Å². The molecule has 3 rings (SSSR count). The molecule has 0 aliphatic rings. The van der Waals surface area contributed by atoms with Crippen molar-refractivity contribution < 1.29 is 13.2 Å². The summed E-state index contributed by atoms with van der Waals surface area (Å²) in [6.07, 6.45) is -2.41. The average Bonchev–Trinajstić information content (AvgIpc) is 2.80. The molecule has 0 bridgehead atoms. The molecule has 0 aliphatic heterocycles. The van der Waals surface area contributed by atoms with Gasteiger partial charge in [0.15, 0.2) is 0 Å². The van der Waals surface area contributed by atoms with Crippen LogP contribution >= 0.6 is 0 Å². The lowest BCUT2D eigenvalue weighted by atomic mass is 10.1. The fourth-order valence-corrected chi connectivity index (χ4v) is 2.32. The number of pyridine rings is 1. The summed E-state index contributed by atoms with van der Waals surface area (Å²) >= 11 is 0. The van der Waals surface area contributed by atoms with E-state index in [0.29, 0.717) is 6.54 Å². The van der Waals surface area contributed by atoms with Crippen molar-refractivity contribution in [1.82, 2.24) is 9.38 Å². The molecule has 1 aromatic carbocycles. The van der Waals surface area contributed by atoms with Crippen molar-refractivity contribution >= 4 is 11.5 Å². The highest BCUT2D eigenvalue weighted by molar-refractivity contribution is 5.54. The third-order valence-electron chi connectivity index (χ3n) is 3.45. The number of nitrogens with one attached hydrogen (secondary N) is 1. The van der Waals surface area contributed by atoms with Crippen LogP contribution in [0.2, 0.25) is 0 Å².